The van der Waals surface area contributed by atoms with Crippen molar-refractivity contribution in [3.05, 3.63) is 64.3 Å². The number of halogens is 1. The van der Waals surface area contributed by atoms with Crippen LogP contribution in [0.2, 0.25) is 0 Å². The summed E-state index contributed by atoms with van der Waals surface area (Å²) < 4.78 is 11.1. The van der Waals surface area contributed by atoms with Crippen molar-refractivity contribution in [2.45, 2.75) is 55.1 Å². The van der Waals surface area contributed by atoms with Crippen LogP contribution >= 0.6 is 11.6 Å². The van der Waals surface area contributed by atoms with E-state index < -0.39 is 11.7 Å². The van der Waals surface area contributed by atoms with E-state index in [-0.39, 0.29) is 35.7 Å². The van der Waals surface area contributed by atoms with Crippen LogP contribution in [0.15, 0.2) is 63.8 Å². The maximum absolute atomic E-state index is 13.1. The average Bonchev–Trinajstić information content (AvgIpc) is 2.91. The van der Waals surface area contributed by atoms with Gasteiger partial charge in [-0.25, -0.2) is 4.99 Å². The number of amides is 2. The van der Waals surface area contributed by atoms with Gasteiger partial charge in [0.15, 0.2) is 11.5 Å². The third-order valence-corrected chi connectivity index (χ3v) is 6.59. The number of aliphatic imine (C=N–C) groups is 1. The number of ether oxygens (including phenoxy) is 2. The predicted molar refractivity (Wildman–Crippen MR) is 166 cm³/mol. The Kier molecular flexibility index (Phi) is 11.7. The van der Waals surface area contributed by atoms with Crippen LogP contribution in [0.1, 0.15) is 59.3 Å². The lowest BCUT2D eigenvalue weighted by atomic mass is 10.0. The molecule has 1 aliphatic rings. The minimum absolute atomic E-state index is 0. The summed E-state index contributed by atoms with van der Waals surface area (Å²) in [4.78, 5) is 44.9. The molecule has 0 aliphatic heterocycles. The molecule has 0 spiro atoms. The summed E-state index contributed by atoms with van der Waals surface area (Å²) >= 11 is 6.39. The van der Waals surface area contributed by atoms with E-state index in [1.165, 1.54) is 26.2 Å². The number of ketones is 1. The summed E-state index contributed by atoms with van der Waals surface area (Å²) in [5.41, 5.74) is 2.99. The number of benzene rings is 2. The average molecular weight is 583 g/mol. The molecule has 0 aromatic heterocycles. The highest BCUT2D eigenvalue weighted by Crippen LogP contribution is 2.33. The van der Waals surface area contributed by atoms with E-state index in [4.69, 9.17) is 26.1 Å². The molecular formula is C31H39ClN4O5. The van der Waals surface area contributed by atoms with Gasteiger partial charge in [-0.3, -0.25) is 14.4 Å². The largest absolute Gasteiger partial charge is 0.493 e. The highest BCUT2D eigenvalue weighted by atomic mass is 35.5. The van der Waals surface area contributed by atoms with Gasteiger partial charge in [-0.1, -0.05) is 19.0 Å². The molecule has 3 rings (SSSR count). The van der Waals surface area contributed by atoms with E-state index in [0.717, 1.165) is 18.8 Å². The third-order valence-electron chi connectivity index (χ3n) is 6.14. The summed E-state index contributed by atoms with van der Waals surface area (Å²) in [6.07, 6.45) is 1.40. The zero-order valence-corrected chi connectivity index (χ0v) is 24.6. The Labute approximate surface area is 247 Å². The molecule has 0 atom stereocenters. The van der Waals surface area contributed by atoms with Gasteiger partial charge in [0.1, 0.15) is 0 Å². The van der Waals surface area contributed by atoms with Crippen LogP contribution in [-0.4, -0.2) is 49.6 Å². The van der Waals surface area contributed by atoms with Gasteiger partial charge in [-0.15, -0.1) is 0 Å². The van der Waals surface area contributed by atoms with Gasteiger partial charge in [-0.2, -0.15) is 0 Å². The van der Waals surface area contributed by atoms with Crippen molar-refractivity contribution in [2.24, 2.45) is 4.99 Å². The fourth-order valence-corrected chi connectivity index (χ4v) is 4.30. The Morgan fingerprint density at radius 2 is 1.73 bits per heavy atom. The molecule has 1 aliphatic carbocycles. The maximum Gasteiger partial charge on any atom is 0.255 e. The van der Waals surface area contributed by atoms with E-state index in [1.54, 1.807) is 25.1 Å². The Bertz CT molecular complexity index is 1410. The van der Waals surface area contributed by atoms with Crippen molar-refractivity contribution in [1.82, 2.24) is 5.32 Å². The molecule has 0 unspecified atom stereocenters. The van der Waals surface area contributed by atoms with Crippen LogP contribution in [-0.2, 0) is 9.59 Å². The Morgan fingerprint density at radius 1 is 1.05 bits per heavy atom. The quantitative estimate of drug-likeness (QED) is 0.314. The molecule has 2 N–H and O–H groups in total. The zero-order valence-electron chi connectivity index (χ0n) is 23.8. The number of rotatable bonds is 10. The van der Waals surface area contributed by atoms with E-state index in [9.17, 15) is 14.4 Å². The summed E-state index contributed by atoms with van der Waals surface area (Å²) in [5, 5.41) is 5.42. The molecule has 2 aromatic rings. The summed E-state index contributed by atoms with van der Waals surface area (Å²) in [6, 6.07) is 10.3. The van der Waals surface area contributed by atoms with Crippen LogP contribution in [0.25, 0.3) is 0 Å². The van der Waals surface area contributed by atoms with Crippen LogP contribution in [0.5, 0.6) is 11.5 Å². The molecule has 0 bridgehead atoms. The smallest absolute Gasteiger partial charge is 0.255 e. The molecule has 0 heterocycles. The number of carbonyl (C=O) groups is 3. The summed E-state index contributed by atoms with van der Waals surface area (Å²) in [5.74, 6) is -0.414. The Morgan fingerprint density at radius 3 is 2.32 bits per heavy atom. The van der Waals surface area contributed by atoms with Gasteiger partial charge >= 0.3 is 0 Å². The van der Waals surface area contributed by atoms with Crippen LogP contribution in [0.3, 0.4) is 0 Å². The number of anilines is 2. The number of hydrogen-bond acceptors (Lipinski definition) is 7. The van der Waals surface area contributed by atoms with Gasteiger partial charge < -0.3 is 25.0 Å². The van der Waals surface area contributed by atoms with E-state index in [0.29, 0.717) is 34.2 Å². The van der Waals surface area contributed by atoms with Crippen molar-refractivity contribution < 1.29 is 23.9 Å². The van der Waals surface area contributed by atoms with Crippen LogP contribution in [0.4, 0.5) is 17.1 Å². The highest BCUT2D eigenvalue weighted by Gasteiger charge is 2.26. The first-order chi connectivity index (χ1) is 19.0. The fourth-order valence-electron chi connectivity index (χ4n) is 4.10. The second kappa shape index (κ2) is 14.5. The molecule has 2 amide bonds. The number of allylic oxidation sites excluding steroid dienone is 3. The highest BCUT2D eigenvalue weighted by molar-refractivity contribution is 6.49. The second-order valence-corrected chi connectivity index (χ2v) is 9.74. The van der Waals surface area contributed by atoms with Gasteiger partial charge in [0, 0.05) is 31.3 Å². The molecule has 41 heavy (non-hydrogen) atoms. The summed E-state index contributed by atoms with van der Waals surface area (Å²) in [6.45, 7) is 12.6. The molecule has 2 aromatic carbocycles. The molecule has 0 saturated carbocycles. The number of nitrogens with one attached hydrogen (secondary N) is 2. The zero-order chi connectivity index (χ0) is 29.6. The van der Waals surface area contributed by atoms with Gasteiger partial charge in [0.2, 0.25) is 11.7 Å². The van der Waals surface area contributed by atoms with Crippen LogP contribution in [0, 0.1) is 0 Å². The number of nitrogens with zero attached hydrogens (tertiary/aromatic N) is 2. The first-order valence-electron chi connectivity index (χ1n) is 13.0. The van der Waals surface area contributed by atoms with E-state index in [1.807, 2.05) is 26.0 Å². The molecule has 0 radical (unpaired) electrons. The van der Waals surface area contributed by atoms with Crippen molar-refractivity contribution in [3.8, 4) is 11.5 Å². The van der Waals surface area contributed by atoms with Gasteiger partial charge in [0.25, 0.3) is 5.91 Å². The van der Waals surface area contributed by atoms with Crippen molar-refractivity contribution in [1.29, 1.82) is 0 Å². The normalized spacial score (nSPS) is 13.9. The Hall–Kier alpha value is -4.11. The van der Waals surface area contributed by atoms with Crippen LogP contribution < -0.4 is 25.0 Å². The summed E-state index contributed by atoms with van der Waals surface area (Å²) in [7, 11) is 1.48. The molecule has 9 nitrogen and oxygen atoms in total. The van der Waals surface area contributed by atoms with E-state index >= 15 is 0 Å². The standard InChI is InChI=1S/C30H35ClN4O5.CH4/c1-8-35(9-2)21-11-12-22(24(15-21)32-19(6)36)33-23-16-25(29(37)28(31)18(23)5)34-30(38)20-10-13-26(40-17(3)4)27(14-20)39-7;/h10-17H,8-9H2,1-7H3,(H,32,36)(H,34,38);1H4. The van der Waals surface area contributed by atoms with Crippen molar-refractivity contribution >= 4 is 52.0 Å². The number of hydrogen-bond donors (Lipinski definition) is 2. The van der Waals surface area contributed by atoms with Crippen molar-refractivity contribution in [3.63, 3.8) is 0 Å². The number of carbonyl (C=O) groups excluding carboxylic acids is 3. The van der Waals surface area contributed by atoms with E-state index in [2.05, 4.69) is 29.4 Å². The van der Waals surface area contributed by atoms with Gasteiger partial charge in [0.05, 0.1) is 41.0 Å². The monoisotopic (exact) mass is 582 g/mol. The lowest BCUT2D eigenvalue weighted by molar-refractivity contribution is -0.114. The lowest BCUT2D eigenvalue weighted by Crippen LogP contribution is -2.31. The maximum atomic E-state index is 13.1. The molecule has 0 saturated heterocycles. The fraction of sp³-hybridized carbons (Fsp3) is 0.355. The number of methoxy groups -OCH3 is 1. The van der Waals surface area contributed by atoms with Crippen molar-refractivity contribution in [2.75, 3.05) is 30.4 Å². The predicted octanol–water partition coefficient (Wildman–Crippen LogP) is 6.41. The third kappa shape index (κ3) is 7.98. The molecular weight excluding hydrogens is 544 g/mol. The number of Topliss-reactive ketones (excluding diaryl/α,β-unsaturated/α-hetero) is 1. The minimum atomic E-state index is -0.530. The first kappa shape index (κ1) is 33.1. The van der Waals surface area contributed by atoms with Gasteiger partial charge in [-0.05, 0) is 82.7 Å². The minimum Gasteiger partial charge on any atom is -0.493 e. The molecule has 0 fully saturated rings. The lowest BCUT2D eigenvalue weighted by Gasteiger charge is -2.22. The Balaban J connectivity index is 0.00000588. The molecule has 10 heteroatoms. The second-order valence-electron chi connectivity index (χ2n) is 9.36. The topological polar surface area (TPSA) is 109 Å². The molecule has 220 valence electrons. The SMILES string of the molecule is C.CCN(CC)c1ccc(N=C2C=C(NC(=O)c3ccc(OC(C)C)c(OC)c3)C(=O)C(Cl)=C2C)c(NC(C)=O)c1. The first-order valence-corrected chi connectivity index (χ1v) is 13.4.